The lowest BCUT2D eigenvalue weighted by atomic mass is 9.80. The average Bonchev–Trinajstić information content (AvgIpc) is 3.31. The van der Waals surface area contributed by atoms with Crippen LogP contribution in [0.1, 0.15) is 75.5 Å². The SMILES string of the molecule is C=C/C=C\C=C/N(C)/C(CCC)=C(\C(=C\C=C)CCc1ccccc1)C(C)/C1=C(\NC2=Cc3ccc(-c4ccccc4)cc3CC2)CC=CCC=CC1. The van der Waals surface area contributed by atoms with Gasteiger partial charge in [-0.15, -0.1) is 0 Å². The largest absolute Gasteiger partial charge is 0.362 e. The molecule has 272 valence electrons. The smallest absolute Gasteiger partial charge is 0.0211 e. The van der Waals surface area contributed by atoms with Crippen LogP contribution in [-0.4, -0.2) is 11.9 Å². The van der Waals surface area contributed by atoms with E-state index in [2.05, 4.69) is 172 Å². The van der Waals surface area contributed by atoms with Crippen molar-refractivity contribution in [3.8, 4) is 11.1 Å². The molecular formula is C51H58N2. The van der Waals surface area contributed by atoms with Crippen LogP contribution in [0.3, 0.4) is 0 Å². The molecule has 3 aromatic rings. The van der Waals surface area contributed by atoms with Crippen LogP contribution < -0.4 is 5.32 Å². The van der Waals surface area contributed by atoms with Gasteiger partial charge >= 0.3 is 0 Å². The number of allylic oxidation sites excluding steroid dienone is 15. The van der Waals surface area contributed by atoms with Gasteiger partial charge in [0.2, 0.25) is 0 Å². The highest BCUT2D eigenvalue weighted by Gasteiger charge is 2.25. The van der Waals surface area contributed by atoms with Crippen LogP contribution in [0.25, 0.3) is 17.2 Å². The van der Waals surface area contributed by atoms with Gasteiger partial charge in [0, 0.05) is 42.7 Å². The van der Waals surface area contributed by atoms with Crippen molar-refractivity contribution in [3.63, 3.8) is 0 Å². The molecule has 3 aromatic carbocycles. The number of rotatable bonds is 16. The topological polar surface area (TPSA) is 15.3 Å². The first-order valence-electron chi connectivity index (χ1n) is 19.5. The van der Waals surface area contributed by atoms with Crippen LogP contribution in [-0.2, 0) is 12.8 Å². The third-order valence-electron chi connectivity index (χ3n) is 10.2. The Morgan fingerprint density at radius 3 is 2.30 bits per heavy atom. The van der Waals surface area contributed by atoms with E-state index in [4.69, 9.17) is 0 Å². The number of nitrogens with zero attached hydrogens (tertiary/aromatic N) is 1. The Kier molecular flexibility index (Phi) is 15.1. The molecule has 1 atom stereocenters. The molecule has 0 aliphatic heterocycles. The zero-order chi connectivity index (χ0) is 37.3. The molecule has 1 N–H and O–H groups in total. The molecule has 2 aliphatic carbocycles. The van der Waals surface area contributed by atoms with E-state index in [-0.39, 0.29) is 5.92 Å². The van der Waals surface area contributed by atoms with Crippen molar-refractivity contribution in [2.45, 2.75) is 71.6 Å². The monoisotopic (exact) mass is 698 g/mol. The minimum absolute atomic E-state index is 0.168. The van der Waals surface area contributed by atoms with Crippen molar-refractivity contribution in [3.05, 3.63) is 209 Å². The molecule has 2 nitrogen and oxygen atoms in total. The Bertz CT molecular complexity index is 1920. The summed E-state index contributed by atoms with van der Waals surface area (Å²) < 4.78 is 0. The Balaban J connectivity index is 1.59. The molecule has 2 aliphatic rings. The van der Waals surface area contributed by atoms with Crippen molar-refractivity contribution < 1.29 is 0 Å². The molecule has 0 saturated heterocycles. The molecule has 0 saturated carbocycles. The van der Waals surface area contributed by atoms with Gasteiger partial charge in [-0.05, 0) is 102 Å². The quantitative estimate of drug-likeness (QED) is 0.118. The summed E-state index contributed by atoms with van der Waals surface area (Å²) >= 11 is 0. The normalized spacial score (nSPS) is 17.3. The Labute approximate surface area is 320 Å². The fraction of sp³-hybridized carbons (Fsp3) is 0.255. The number of hydrogen-bond acceptors (Lipinski definition) is 2. The summed E-state index contributed by atoms with van der Waals surface area (Å²) in [7, 11) is 2.20. The van der Waals surface area contributed by atoms with Crippen molar-refractivity contribution in [2.24, 2.45) is 5.92 Å². The second-order valence-electron chi connectivity index (χ2n) is 14.0. The van der Waals surface area contributed by atoms with E-state index in [0.717, 1.165) is 57.8 Å². The fourth-order valence-corrected chi connectivity index (χ4v) is 7.51. The number of hydrogen-bond donors (Lipinski definition) is 1. The van der Waals surface area contributed by atoms with Gasteiger partial charge in [0.1, 0.15) is 0 Å². The maximum absolute atomic E-state index is 4.21. The first-order chi connectivity index (χ1) is 26.0. The molecule has 0 heterocycles. The molecule has 53 heavy (non-hydrogen) atoms. The predicted octanol–water partition coefficient (Wildman–Crippen LogP) is 13.4. The number of benzene rings is 3. The first kappa shape index (κ1) is 38.9. The average molecular weight is 699 g/mol. The molecule has 0 spiro atoms. The van der Waals surface area contributed by atoms with Crippen LogP contribution in [0.15, 0.2) is 193 Å². The molecule has 5 rings (SSSR count). The van der Waals surface area contributed by atoms with Crippen molar-refractivity contribution in [1.82, 2.24) is 10.2 Å². The van der Waals surface area contributed by atoms with Gasteiger partial charge in [-0.1, -0.05) is 167 Å². The van der Waals surface area contributed by atoms with Crippen molar-refractivity contribution in [2.75, 3.05) is 7.05 Å². The maximum atomic E-state index is 4.21. The predicted molar refractivity (Wildman–Crippen MR) is 231 cm³/mol. The zero-order valence-electron chi connectivity index (χ0n) is 32.2. The summed E-state index contributed by atoms with van der Waals surface area (Å²) in [6, 6.07) is 28.5. The van der Waals surface area contributed by atoms with Crippen LogP contribution in [0.5, 0.6) is 0 Å². The Morgan fingerprint density at radius 1 is 0.811 bits per heavy atom. The van der Waals surface area contributed by atoms with E-state index in [0.29, 0.717) is 0 Å². The van der Waals surface area contributed by atoms with Gasteiger partial charge in [0.15, 0.2) is 0 Å². The number of fused-ring (bicyclic) bond motifs is 1. The molecular weight excluding hydrogens is 641 g/mol. The van der Waals surface area contributed by atoms with Gasteiger partial charge in [-0.3, -0.25) is 0 Å². The standard InChI is InChI=1S/C51H58N2/c1-6-9-10-22-37-53(5)50(24-8-3)51(43(23-7-2)32-31-41-25-16-14-17-26-41)40(4)48-29-20-12-11-13-21-30-49(48)52-47-36-35-45-38-44(33-34-46(45)39-47)42-27-18-15-19-28-42/h6-7,9-10,12-23,25-28,33-34,37-40,52H,1-2,8,11,24,29-32,35-36H2,3-5H3/b10-9-,20-12?,21-13?,37-22-,43-23+,49-48-,51-50-. The van der Waals surface area contributed by atoms with Crippen LogP contribution >= 0.6 is 0 Å². The lowest BCUT2D eigenvalue weighted by Gasteiger charge is -2.31. The van der Waals surface area contributed by atoms with E-state index < -0.39 is 0 Å². The Morgan fingerprint density at radius 2 is 1.57 bits per heavy atom. The summed E-state index contributed by atoms with van der Waals surface area (Å²) in [6.07, 6.45) is 34.8. The zero-order valence-corrected chi connectivity index (χ0v) is 32.2. The molecule has 0 bridgehead atoms. The van der Waals surface area contributed by atoms with Crippen LogP contribution in [0, 0.1) is 5.92 Å². The van der Waals surface area contributed by atoms with E-state index in [1.807, 2.05) is 24.3 Å². The molecule has 0 radical (unpaired) electrons. The summed E-state index contributed by atoms with van der Waals surface area (Å²) in [6.45, 7) is 12.8. The lowest BCUT2D eigenvalue weighted by Crippen LogP contribution is -2.23. The van der Waals surface area contributed by atoms with E-state index >= 15 is 0 Å². The third-order valence-corrected chi connectivity index (χ3v) is 10.2. The highest BCUT2D eigenvalue weighted by molar-refractivity contribution is 5.69. The summed E-state index contributed by atoms with van der Waals surface area (Å²) in [5.41, 5.74) is 14.8. The van der Waals surface area contributed by atoms with E-state index in [1.54, 1.807) is 0 Å². The third kappa shape index (κ3) is 11.1. The van der Waals surface area contributed by atoms with Gasteiger partial charge < -0.3 is 10.2 Å². The minimum Gasteiger partial charge on any atom is -0.362 e. The van der Waals surface area contributed by atoms with E-state index in [9.17, 15) is 0 Å². The van der Waals surface area contributed by atoms with Gasteiger partial charge in [0.25, 0.3) is 0 Å². The van der Waals surface area contributed by atoms with E-state index in [1.165, 1.54) is 61.6 Å². The molecule has 0 aromatic heterocycles. The van der Waals surface area contributed by atoms with Crippen molar-refractivity contribution in [1.29, 1.82) is 0 Å². The van der Waals surface area contributed by atoms with Gasteiger partial charge in [0.05, 0.1) is 0 Å². The second-order valence-corrected chi connectivity index (χ2v) is 14.0. The summed E-state index contributed by atoms with van der Waals surface area (Å²) in [4.78, 5) is 2.34. The highest BCUT2D eigenvalue weighted by atomic mass is 15.1. The number of aryl methyl sites for hydroxylation is 2. The fourth-order valence-electron chi connectivity index (χ4n) is 7.51. The van der Waals surface area contributed by atoms with Crippen LogP contribution in [0.4, 0.5) is 0 Å². The lowest BCUT2D eigenvalue weighted by molar-refractivity contribution is 0.512. The summed E-state index contributed by atoms with van der Waals surface area (Å²) in [5.74, 6) is 0.168. The van der Waals surface area contributed by atoms with Gasteiger partial charge in [-0.2, -0.15) is 0 Å². The number of nitrogens with one attached hydrogen (secondary N) is 1. The van der Waals surface area contributed by atoms with Crippen molar-refractivity contribution >= 4 is 6.08 Å². The van der Waals surface area contributed by atoms with Gasteiger partial charge in [-0.25, -0.2) is 0 Å². The second kappa shape index (κ2) is 20.6. The van der Waals surface area contributed by atoms with Crippen LogP contribution in [0.2, 0.25) is 0 Å². The molecule has 2 heteroatoms. The molecule has 0 fully saturated rings. The molecule has 1 unspecified atom stereocenters. The summed E-state index contributed by atoms with van der Waals surface area (Å²) in [5, 5.41) is 4.05. The molecule has 0 amide bonds. The maximum Gasteiger partial charge on any atom is 0.0211 e. The minimum atomic E-state index is 0.168. The highest BCUT2D eigenvalue weighted by Crippen LogP contribution is 2.38. The first-order valence-corrected chi connectivity index (χ1v) is 19.5. The Hall–Kier alpha value is -5.34.